The van der Waals surface area contributed by atoms with Crippen LogP contribution in [0.2, 0.25) is 0 Å². The van der Waals surface area contributed by atoms with E-state index in [-0.39, 0.29) is 18.9 Å². The highest BCUT2D eigenvalue weighted by Gasteiger charge is 2.31. The first-order valence-corrected chi connectivity index (χ1v) is 8.22. The molecule has 0 amide bonds. The number of hydrogen-bond acceptors (Lipinski definition) is 4. The zero-order valence-electron chi connectivity index (χ0n) is 12.3. The van der Waals surface area contributed by atoms with Crippen molar-refractivity contribution in [3.8, 4) is 11.5 Å². The van der Waals surface area contributed by atoms with E-state index in [2.05, 4.69) is 41.6 Å². The fourth-order valence-electron chi connectivity index (χ4n) is 1.86. The van der Waals surface area contributed by atoms with Gasteiger partial charge in [-0.3, -0.25) is 0 Å². The monoisotopic (exact) mass is 472 g/mol. The summed E-state index contributed by atoms with van der Waals surface area (Å²) >= 11 is 6.49. The molecule has 24 heavy (non-hydrogen) atoms. The summed E-state index contributed by atoms with van der Waals surface area (Å²) in [6, 6.07) is 4.95. The maximum Gasteiger partial charge on any atom is 0.573 e. The Morgan fingerprint density at radius 2 is 1.75 bits per heavy atom. The van der Waals surface area contributed by atoms with Crippen molar-refractivity contribution in [1.29, 1.82) is 0 Å². The van der Waals surface area contributed by atoms with Gasteiger partial charge in [-0.2, -0.15) is 0 Å². The summed E-state index contributed by atoms with van der Waals surface area (Å²) in [5.74, 6) is -0.0236. The van der Waals surface area contributed by atoms with Crippen molar-refractivity contribution in [2.24, 2.45) is 0 Å². The molecule has 0 radical (unpaired) electrons. The minimum atomic E-state index is -4.74. The van der Waals surface area contributed by atoms with Crippen LogP contribution >= 0.6 is 31.9 Å². The van der Waals surface area contributed by atoms with E-state index in [1.165, 1.54) is 12.1 Å². The Morgan fingerprint density at radius 3 is 2.25 bits per heavy atom. The fourth-order valence-corrected chi connectivity index (χ4v) is 2.93. The van der Waals surface area contributed by atoms with Crippen LogP contribution < -0.4 is 9.47 Å². The number of aromatic nitrogens is 2. The van der Waals surface area contributed by atoms with Crippen molar-refractivity contribution in [2.75, 3.05) is 6.61 Å². The summed E-state index contributed by atoms with van der Waals surface area (Å²) in [5.41, 5.74) is -1.22. The number of halogens is 5. The van der Waals surface area contributed by atoms with Gasteiger partial charge in [0.1, 0.15) is 28.3 Å². The van der Waals surface area contributed by atoms with Crippen molar-refractivity contribution in [2.45, 2.75) is 25.4 Å². The number of aliphatic hydroxyl groups is 1. The molecule has 0 fully saturated rings. The van der Waals surface area contributed by atoms with Crippen LogP contribution in [0.25, 0.3) is 0 Å². The Kier molecular flexibility index (Phi) is 5.82. The predicted molar refractivity (Wildman–Crippen MR) is 86.9 cm³/mol. The van der Waals surface area contributed by atoms with Gasteiger partial charge >= 0.3 is 6.36 Å². The lowest BCUT2D eigenvalue weighted by Crippen LogP contribution is -2.37. The van der Waals surface area contributed by atoms with Gasteiger partial charge in [-0.25, -0.2) is 4.98 Å². The van der Waals surface area contributed by atoms with E-state index in [1.54, 1.807) is 17.7 Å². The quantitative estimate of drug-likeness (QED) is 0.685. The average Bonchev–Trinajstić information content (AvgIpc) is 2.74. The first-order valence-electron chi connectivity index (χ1n) is 6.63. The first kappa shape index (κ1) is 19.1. The fraction of sp³-hybridized carbons (Fsp3) is 0.357. The molecule has 1 aromatic heterocycles. The molecule has 0 saturated carbocycles. The smallest absolute Gasteiger partial charge is 0.491 e. The van der Waals surface area contributed by atoms with Crippen molar-refractivity contribution < 1.29 is 27.8 Å². The minimum Gasteiger partial charge on any atom is -0.491 e. The van der Waals surface area contributed by atoms with Gasteiger partial charge in [0.05, 0.1) is 6.54 Å². The number of ether oxygens (including phenoxy) is 2. The molecule has 2 aromatic rings. The number of hydrogen-bond donors (Lipinski definition) is 1. The number of rotatable bonds is 6. The van der Waals surface area contributed by atoms with Crippen LogP contribution in [0.1, 0.15) is 6.92 Å². The zero-order chi connectivity index (χ0) is 18.0. The average molecular weight is 474 g/mol. The van der Waals surface area contributed by atoms with Gasteiger partial charge in [-0.1, -0.05) is 0 Å². The third kappa shape index (κ3) is 5.99. The van der Waals surface area contributed by atoms with E-state index in [9.17, 15) is 18.3 Å². The molecule has 1 N–H and O–H groups in total. The molecule has 1 unspecified atom stereocenters. The topological polar surface area (TPSA) is 56.5 Å². The van der Waals surface area contributed by atoms with Crippen LogP contribution in [0, 0.1) is 0 Å². The number of benzene rings is 1. The minimum absolute atomic E-state index is 0.0608. The highest BCUT2D eigenvalue weighted by molar-refractivity contribution is 9.11. The van der Waals surface area contributed by atoms with Gasteiger partial charge < -0.3 is 19.1 Å². The number of imidazole rings is 1. The molecule has 0 aliphatic rings. The summed E-state index contributed by atoms with van der Waals surface area (Å²) < 4.78 is 48.3. The second kappa shape index (κ2) is 7.32. The van der Waals surface area contributed by atoms with Crippen LogP contribution in [-0.2, 0) is 6.54 Å². The lowest BCUT2D eigenvalue weighted by atomic mass is 10.1. The molecule has 1 atom stereocenters. The maximum absolute atomic E-state index is 12.1. The standard InChI is InChI=1S/C14H13Br2F3N2O3/c1-13(22,7-21-6-11(15)20-12(21)16)8-23-9-2-4-10(5-3-9)24-14(17,18)19/h2-6,22H,7-8H2,1H3. The van der Waals surface area contributed by atoms with Crippen molar-refractivity contribution in [3.63, 3.8) is 0 Å². The van der Waals surface area contributed by atoms with Crippen LogP contribution in [-0.4, -0.2) is 33.2 Å². The van der Waals surface area contributed by atoms with Gasteiger partial charge in [-0.15, -0.1) is 13.2 Å². The summed E-state index contributed by atoms with van der Waals surface area (Å²) in [6.45, 7) is 1.73. The molecular formula is C14H13Br2F3N2O3. The van der Waals surface area contributed by atoms with Gasteiger partial charge in [0, 0.05) is 6.20 Å². The highest BCUT2D eigenvalue weighted by Crippen LogP contribution is 2.25. The molecule has 0 aliphatic carbocycles. The maximum atomic E-state index is 12.1. The van der Waals surface area contributed by atoms with Crippen LogP contribution in [0.4, 0.5) is 13.2 Å². The van der Waals surface area contributed by atoms with Crippen molar-refractivity contribution in [1.82, 2.24) is 9.55 Å². The number of alkyl halides is 3. The molecule has 0 saturated heterocycles. The summed E-state index contributed by atoms with van der Waals surface area (Å²) in [6.07, 6.45) is -3.04. The Morgan fingerprint density at radius 1 is 1.17 bits per heavy atom. The van der Waals surface area contributed by atoms with E-state index >= 15 is 0 Å². The second-order valence-corrected chi connectivity index (χ2v) is 6.79. The van der Waals surface area contributed by atoms with Crippen molar-refractivity contribution >= 4 is 31.9 Å². The van der Waals surface area contributed by atoms with Gasteiger partial charge in [0.2, 0.25) is 0 Å². The van der Waals surface area contributed by atoms with E-state index in [0.29, 0.717) is 15.1 Å². The SMILES string of the molecule is CC(O)(COc1ccc(OC(F)(F)F)cc1)Cn1cc(Br)nc1Br. The van der Waals surface area contributed by atoms with Gasteiger partial charge in [0.25, 0.3) is 0 Å². The summed E-state index contributed by atoms with van der Waals surface area (Å²) in [4.78, 5) is 4.09. The lowest BCUT2D eigenvalue weighted by molar-refractivity contribution is -0.274. The molecule has 0 aliphatic heterocycles. The molecule has 2 rings (SSSR count). The van der Waals surface area contributed by atoms with Gasteiger partial charge in [-0.05, 0) is 63.0 Å². The molecule has 132 valence electrons. The normalized spacial score (nSPS) is 14.3. The van der Waals surface area contributed by atoms with E-state index in [4.69, 9.17) is 4.74 Å². The molecule has 0 spiro atoms. The number of nitrogens with zero attached hydrogens (tertiary/aromatic N) is 2. The first-order chi connectivity index (χ1) is 11.0. The highest BCUT2D eigenvalue weighted by atomic mass is 79.9. The third-order valence-electron chi connectivity index (χ3n) is 2.82. The van der Waals surface area contributed by atoms with E-state index in [0.717, 1.165) is 12.1 Å². The van der Waals surface area contributed by atoms with Crippen LogP contribution in [0.3, 0.4) is 0 Å². The Bertz CT molecular complexity index is 688. The Balaban J connectivity index is 1.93. The summed E-state index contributed by atoms with van der Waals surface area (Å²) in [5, 5.41) is 10.4. The molecule has 10 heteroatoms. The van der Waals surface area contributed by atoms with E-state index < -0.39 is 12.0 Å². The summed E-state index contributed by atoms with van der Waals surface area (Å²) in [7, 11) is 0. The molecular weight excluding hydrogens is 461 g/mol. The van der Waals surface area contributed by atoms with Crippen molar-refractivity contribution in [3.05, 3.63) is 39.8 Å². The van der Waals surface area contributed by atoms with Gasteiger partial charge in [0.15, 0.2) is 4.73 Å². The molecule has 1 heterocycles. The Labute approximate surface area is 152 Å². The molecule has 0 bridgehead atoms. The lowest BCUT2D eigenvalue weighted by Gasteiger charge is -2.24. The second-order valence-electron chi connectivity index (χ2n) is 5.27. The molecule has 1 aromatic carbocycles. The largest absolute Gasteiger partial charge is 0.573 e. The van der Waals surface area contributed by atoms with Crippen LogP contribution in [0.5, 0.6) is 11.5 Å². The third-order valence-corrected chi connectivity index (χ3v) is 3.83. The zero-order valence-corrected chi connectivity index (χ0v) is 15.5. The van der Waals surface area contributed by atoms with Crippen LogP contribution in [0.15, 0.2) is 39.8 Å². The van der Waals surface area contributed by atoms with E-state index in [1.807, 2.05) is 0 Å². The predicted octanol–water partition coefficient (Wildman–Crippen LogP) is 4.14. The molecule has 5 nitrogen and oxygen atoms in total. The Hall–Kier alpha value is -1.26.